The lowest BCUT2D eigenvalue weighted by Gasteiger charge is -1.91. The zero-order valence-corrected chi connectivity index (χ0v) is 8.48. The fourth-order valence-corrected chi connectivity index (χ4v) is 1.20. The van der Waals surface area contributed by atoms with Crippen LogP contribution < -0.4 is 0 Å². The van der Waals surface area contributed by atoms with Gasteiger partial charge in [-0.25, -0.2) is 18.6 Å². The van der Waals surface area contributed by atoms with Crippen LogP contribution in [0.4, 0.5) is 8.78 Å². The van der Waals surface area contributed by atoms with Crippen molar-refractivity contribution in [1.29, 1.82) is 0 Å². The Labute approximate surface area is 92.8 Å². The number of hydrogen-bond acceptors (Lipinski definition) is 5. The van der Waals surface area contributed by atoms with Gasteiger partial charge < -0.3 is 14.0 Å². The molecule has 0 aromatic carbocycles. The van der Waals surface area contributed by atoms with Gasteiger partial charge in [0.25, 0.3) is 12.3 Å². The van der Waals surface area contributed by atoms with Crippen LogP contribution in [0.15, 0.2) is 15.0 Å². The highest BCUT2D eigenvalue weighted by Crippen LogP contribution is 2.28. The molecule has 0 radical (unpaired) electrons. The third-order valence-corrected chi connectivity index (χ3v) is 1.89. The van der Waals surface area contributed by atoms with Crippen LogP contribution in [-0.4, -0.2) is 21.2 Å². The van der Waals surface area contributed by atoms with Crippen molar-refractivity contribution in [2.75, 3.05) is 0 Å². The smallest absolute Gasteiger partial charge is 0.374 e. The molecule has 0 spiro atoms. The topological polar surface area (TPSA) is 89.4 Å². The average molecular weight is 244 g/mol. The predicted molar refractivity (Wildman–Crippen MR) is 48.7 cm³/mol. The van der Waals surface area contributed by atoms with Gasteiger partial charge in [-0.2, -0.15) is 0 Å². The maximum atomic E-state index is 12.5. The van der Waals surface area contributed by atoms with Crippen LogP contribution in [-0.2, 0) is 0 Å². The molecule has 2 aromatic rings. The minimum Gasteiger partial charge on any atom is -0.475 e. The maximum Gasteiger partial charge on any atom is 0.374 e. The van der Waals surface area contributed by atoms with Crippen molar-refractivity contribution in [3.8, 4) is 11.7 Å². The fourth-order valence-electron chi connectivity index (χ4n) is 1.20. The van der Waals surface area contributed by atoms with Crippen molar-refractivity contribution in [1.82, 2.24) is 10.1 Å². The molecule has 2 aromatic heterocycles. The van der Waals surface area contributed by atoms with Crippen molar-refractivity contribution < 1.29 is 27.6 Å². The first-order chi connectivity index (χ1) is 7.99. The van der Waals surface area contributed by atoms with Crippen LogP contribution in [0.3, 0.4) is 0 Å². The van der Waals surface area contributed by atoms with E-state index in [1.807, 2.05) is 0 Å². The Morgan fingerprint density at radius 2 is 2.24 bits per heavy atom. The molecule has 0 bridgehead atoms. The molecule has 1 N–H and O–H groups in total. The molecule has 17 heavy (non-hydrogen) atoms. The van der Waals surface area contributed by atoms with Crippen molar-refractivity contribution in [3.05, 3.63) is 23.2 Å². The SMILES string of the molecule is Cc1cc(-c2nc(C(F)F)c(C(=O)O)o2)on1. The minimum atomic E-state index is -3.04. The van der Waals surface area contributed by atoms with Gasteiger partial charge in [0.05, 0.1) is 5.69 Å². The summed E-state index contributed by atoms with van der Waals surface area (Å²) in [6.07, 6.45) is -3.04. The monoisotopic (exact) mass is 244 g/mol. The molecule has 0 atom stereocenters. The highest BCUT2D eigenvalue weighted by molar-refractivity contribution is 5.86. The zero-order valence-electron chi connectivity index (χ0n) is 8.48. The van der Waals surface area contributed by atoms with E-state index in [0.29, 0.717) is 5.69 Å². The number of aromatic carboxylic acids is 1. The normalized spacial score (nSPS) is 11.1. The molecule has 2 heterocycles. The molecule has 90 valence electrons. The molecule has 2 rings (SSSR count). The Morgan fingerprint density at radius 3 is 2.65 bits per heavy atom. The van der Waals surface area contributed by atoms with Gasteiger partial charge in [-0.3, -0.25) is 0 Å². The lowest BCUT2D eigenvalue weighted by atomic mass is 10.3. The van der Waals surface area contributed by atoms with E-state index in [9.17, 15) is 13.6 Å². The van der Waals surface area contributed by atoms with E-state index < -0.39 is 23.8 Å². The van der Waals surface area contributed by atoms with Crippen LogP contribution in [0, 0.1) is 6.92 Å². The van der Waals surface area contributed by atoms with Crippen LogP contribution >= 0.6 is 0 Å². The van der Waals surface area contributed by atoms with Crippen molar-refractivity contribution in [3.63, 3.8) is 0 Å². The highest BCUT2D eigenvalue weighted by atomic mass is 19.3. The molecule has 0 saturated carbocycles. The molecular formula is C9H6F2N2O4. The third-order valence-electron chi connectivity index (χ3n) is 1.89. The number of aromatic nitrogens is 2. The van der Waals surface area contributed by atoms with Crippen LogP contribution in [0.2, 0.25) is 0 Å². The van der Waals surface area contributed by atoms with Gasteiger partial charge in [0, 0.05) is 6.07 Å². The third kappa shape index (κ3) is 2.01. The van der Waals surface area contributed by atoms with Gasteiger partial charge >= 0.3 is 5.97 Å². The molecular weight excluding hydrogens is 238 g/mol. The molecule has 0 aliphatic carbocycles. The summed E-state index contributed by atoms with van der Waals surface area (Å²) in [5.74, 6) is -2.85. The van der Waals surface area contributed by atoms with Gasteiger partial charge in [-0.05, 0) is 6.92 Å². The van der Waals surface area contributed by atoms with E-state index in [1.165, 1.54) is 6.07 Å². The summed E-state index contributed by atoms with van der Waals surface area (Å²) in [7, 11) is 0. The molecule has 0 fully saturated rings. The molecule has 0 aliphatic rings. The largest absolute Gasteiger partial charge is 0.475 e. The highest BCUT2D eigenvalue weighted by Gasteiger charge is 2.27. The Morgan fingerprint density at radius 1 is 1.53 bits per heavy atom. The van der Waals surface area contributed by atoms with E-state index in [-0.39, 0.29) is 11.7 Å². The summed E-state index contributed by atoms with van der Waals surface area (Å²) in [6.45, 7) is 1.61. The van der Waals surface area contributed by atoms with Crippen molar-refractivity contribution in [2.45, 2.75) is 13.3 Å². The lowest BCUT2D eigenvalue weighted by Crippen LogP contribution is -1.99. The lowest BCUT2D eigenvalue weighted by molar-refractivity contribution is 0.0646. The number of aryl methyl sites for hydroxylation is 1. The average Bonchev–Trinajstić information content (AvgIpc) is 2.82. The summed E-state index contributed by atoms with van der Waals surface area (Å²) in [5, 5.41) is 12.2. The van der Waals surface area contributed by atoms with E-state index in [0.717, 1.165) is 0 Å². The number of hydrogen-bond donors (Lipinski definition) is 1. The number of carboxylic acid groups (broad SMARTS) is 1. The van der Waals surface area contributed by atoms with Gasteiger partial charge in [0.15, 0.2) is 5.69 Å². The van der Waals surface area contributed by atoms with Gasteiger partial charge in [0.1, 0.15) is 0 Å². The first kappa shape index (κ1) is 11.2. The molecule has 8 heteroatoms. The van der Waals surface area contributed by atoms with Crippen molar-refractivity contribution >= 4 is 5.97 Å². The summed E-state index contributed by atoms with van der Waals surface area (Å²) in [5.41, 5.74) is -0.435. The number of oxazole rings is 1. The van der Waals surface area contributed by atoms with Gasteiger partial charge in [-0.1, -0.05) is 5.16 Å². The van der Waals surface area contributed by atoms with Crippen LogP contribution in [0.1, 0.15) is 28.4 Å². The zero-order chi connectivity index (χ0) is 12.6. The number of alkyl halides is 2. The fraction of sp³-hybridized carbons (Fsp3) is 0.222. The van der Waals surface area contributed by atoms with Crippen molar-refractivity contribution in [2.24, 2.45) is 0 Å². The van der Waals surface area contributed by atoms with Crippen LogP contribution in [0.5, 0.6) is 0 Å². The Kier molecular flexibility index (Phi) is 2.62. The van der Waals surface area contributed by atoms with Gasteiger partial charge in [-0.15, -0.1) is 0 Å². The molecule has 0 unspecified atom stereocenters. The Bertz CT molecular complexity index is 561. The summed E-state index contributed by atoms with van der Waals surface area (Å²) in [6, 6.07) is 1.40. The quantitative estimate of drug-likeness (QED) is 0.890. The summed E-state index contributed by atoms with van der Waals surface area (Å²) in [4.78, 5) is 14.0. The number of carboxylic acids is 1. The van der Waals surface area contributed by atoms with E-state index in [1.54, 1.807) is 6.92 Å². The van der Waals surface area contributed by atoms with Crippen LogP contribution in [0.25, 0.3) is 11.7 Å². The maximum absolute atomic E-state index is 12.5. The second-order valence-electron chi connectivity index (χ2n) is 3.17. The van der Waals surface area contributed by atoms with E-state index >= 15 is 0 Å². The molecule has 0 amide bonds. The molecule has 0 saturated heterocycles. The first-order valence-corrected chi connectivity index (χ1v) is 4.45. The number of halogens is 2. The van der Waals surface area contributed by atoms with Gasteiger partial charge in [0.2, 0.25) is 11.5 Å². The summed E-state index contributed by atoms with van der Waals surface area (Å²) >= 11 is 0. The second-order valence-corrected chi connectivity index (χ2v) is 3.17. The first-order valence-electron chi connectivity index (χ1n) is 4.45. The summed E-state index contributed by atoms with van der Waals surface area (Å²) < 4.78 is 34.4. The van der Waals surface area contributed by atoms with E-state index in [4.69, 9.17) is 14.0 Å². The second kappa shape index (κ2) is 3.96. The standard InChI is InChI=1S/C9H6F2N2O4/c1-3-2-4(17-13-3)8-12-5(7(10)11)6(16-8)9(14)15/h2,7H,1H3,(H,14,15). The van der Waals surface area contributed by atoms with E-state index in [2.05, 4.69) is 10.1 Å². The molecule has 0 aliphatic heterocycles. The number of rotatable bonds is 3. The molecule has 6 nitrogen and oxygen atoms in total. The minimum absolute atomic E-state index is 0.00287. The number of nitrogens with zero attached hydrogens (tertiary/aromatic N) is 2. The Balaban J connectivity index is 2.50. The predicted octanol–water partition coefficient (Wildman–Crippen LogP) is 2.27. The Hall–Kier alpha value is -2.25. The number of carbonyl (C=O) groups is 1.